The number of methoxy groups -OCH3 is 1. The smallest absolute Gasteiger partial charge is 0.329 e. The van der Waals surface area contributed by atoms with E-state index in [1.807, 2.05) is 0 Å². The number of ether oxygens (including phenoxy) is 2. The third-order valence-electron chi connectivity index (χ3n) is 4.19. The summed E-state index contributed by atoms with van der Waals surface area (Å²) in [6, 6.07) is 13.2. The maximum Gasteiger partial charge on any atom is 0.329 e. The van der Waals surface area contributed by atoms with E-state index in [4.69, 9.17) is 9.47 Å². The zero-order valence-corrected chi connectivity index (χ0v) is 17.5. The van der Waals surface area contributed by atoms with Crippen LogP contribution in [-0.4, -0.2) is 43.6 Å². The molecule has 0 radical (unpaired) electrons. The lowest BCUT2D eigenvalue weighted by atomic mass is 10.0. The zero-order chi connectivity index (χ0) is 22.8. The molecule has 9 heteroatoms. The lowest BCUT2D eigenvalue weighted by molar-refractivity contribution is -0.151. The van der Waals surface area contributed by atoms with Gasteiger partial charge in [-0.15, -0.1) is 0 Å². The van der Waals surface area contributed by atoms with Crippen molar-refractivity contribution in [1.82, 2.24) is 10.6 Å². The molecule has 0 saturated carbocycles. The first-order chi connectivity index (χ1) is 14.8. The molecule has 2 aromatic carbocycles. The van der Waals surface area contributed by atoms with Crippen molar-refractivity contribution in [3.8, 4) is 5.75 Å². The van der Waals surface area contributed by atoms with E-state index in [-0.39, 0.29) is 5.92 Å². The van der Waals surface area contributed by atoms with Crippen LogP contribution in [0.4, 0.5) is 10.5 Å². The van der Waals surface area contributed by atoms with Gasteiger partial charge in [-0.3, -0.25) is 14.9 Å². The number of hydrogen-bond acceptors (Lipinski definition) is 6. The molecule has 1 atom stereocenters. The van der Waals surface area contributed by atoms with E-state index in [2.05, 4.69) is 16.0 Å². The zero-order valence-electron chi connectivity index (χ0n) is 17.5. The van der Waals surface area contributed by atoms with Crippen molar-refractivity contribution in [3.05, 3.63) is 60.2 Å². The summed E-state index contributed by atoms with van der Waals surface area (Å²) in [5.74, 6) is -1.67. The quantitative estimate of drug-likeness (QED) is 0.556. The molecule has 9 nitrogen and oxygen atoms in total. The highest BCUT2D eigenvalue weighted by Gasteiger charge is 2.27. The number of benzene rings is 2. The van der Waals surface area contributed by atoms with E-state index in [0.29, 0.717) is 17.0 Å². The first-order valence-electron chi connectivity index (χ1n) is 9.57. The van der Waals surface area contributed by atoms with Crippen LogP contribution in [0.5, 0.6) is 5.75 Å². The number of nitrogens with one attached hydrogen (secondary N) is 3. The number of urea groups is 1. The van der Waals surface area contributed by atoms with Crippen molar-refractivity contribution in [2.45, 2.75) is 19.9 Å². The Balaban J connectivity index is 1.83. The minimum absolute atomic E-state index is 0.276. The van der Waals surface area contributed by atoms with Crippen molar-refractivity contribution in [2.24, 2.45) is 5.92 Å². The molecule has 0 aromatic heterocycles. The molecule has 0 aliphatic carbocycles. The van der Waals surface area contributed by atoms with Crippen LogP contribution < -0.4 is 20.7 Å². The second-order valence-corrected chi connectivity index (χ2v) is 6.90. The maximum absolute atomic E-state index is 12.4. The number of carbonyl (C=O) groups is 4. The Bertz CT molecular complexity index is 913. The number of carbonyl (C=O) groups excluding carboxylic acids is 4. The molecule has 164 valence electrons. The standard InChI is InChI=1S/C22H25N3O6/c1-14(2)19(25-20(27)15-7-5-4-6-8-15)21(28)31-13-18(26)24-22(29)23-16-9-11-17(30-3)12-10-16/h4-12,14,19H,13H2,1-3H3,(H,25,27)(H2,23,24,26,29). The molecule has 0 aliphatic rings. The van der Waals surface area contributed by atoms with Gasteiger partial charge in [0, 0.05) is 11.3 Å². The minimum atomic E-state index is -0.950. The van der Waals surface area contributed by atoms with Gasteiger partial charge in [-0.25, -0.2) is 9.59 Å². The first kappa shape index (κ1) is 23.4. The van der Waals surface area contributed by atoms with E-state index >= 15 is 0 Å². The van der Waals surface area contributed by atoms with Crippen LogP contribution in [0.15, 0.2) is 54.6 Å². The highest BCUT2D eigenvalue weighted by Crippen LogP contribution is 2.14. The Labute approximate surface area is 180 Å². The highest BCUT2D eigenvalue weighted by molar-refractivity contribution is 6.02. The second-order valence-electron chi connectivity index (χ2n) is 6.90. The molecule has 0 saturated heterocycles. The van der Waals surface area contributed by atoms with Crippen LogP contribution in [0.1, 0.15) is 24.2 Å². The monoisotopic (exact) mass is 427 g/mol. The van der Waals surface area contributed by atoms with Crippen molar-refractivity contribution in [2.75, 3.05) is 19.0 Å². The molecule has 4 amide bonds. The van der Waals surface area contributed by atoms with Crippen LogP contribution in [-0.2, 0) is 14.3 Å². The van der Waals surface area contributed by atoms with E-state index < -0.39 is 36.5 Å². The number of hydrogen-bond donors (Lipinski definition) is 3. The molecule has 0 fully saturated rings. The van der Waals surface area contributed by atoms with Crippen molar-refractivity contribution >= 4 is 29.5 Å². The first-order valence-corrected chi connectivity index (χ1v) is 9.57. The van der Waals surface area contributed by atoms with Crippen LogP contribution in [0.25, 0.3) is 0 Å². The molecule has 1 unspecified atom stereocenters. The molecule has 2 rings (SSSR count). The molecule has 2 aromatic rings. The van der Waals surface area contributed by atoms with Gasteiger partial charge in [-0.2, -0.15) is 0 Å². The van der Waals surface area contributed by atoms with Crippen LogP contribution in [0.3, 0.4) is 0 Å². The fourth-order valence-corrected chi connectivity index (χ4v) is 2.54. The number of imide groups is 1. The number of esters is 1. The van der Waals surface area contributed by atoms with Gasteiger partial charge in [0.05, 0.1) is 7.11 Å². The van der Waals surface area contributed by atoms with Gasteiger partial charge < -0.3 is 20.1 Å². The van der Waals surface area contributed by atoms with E-state index in [1.54, 1.807) is 68.4 Å². The predicted octanol–water partition coefficient (Wildman–Crippen LogP) is 2.34. The molecule has 0 spiro atoms. The summed E-state index contributed by atoms with van der Waals surface area (Å²) in [6.45, 7) is 2.80. The summed E-state index contributed by atoms with van der Waals surface area (Å²) in [5.41, 5.74) is 0.848. The Kier molecular flexibility index (Phi) is 8.56. The van der Waals surface area contributed by atoms with Gasteiger partial charge in [0.25, 0.3) is 11.8 Å². The molecule has 0 aliphatic heterocycles. The average Bonchev–Trinajstić information content (AvgIpc) is 2.76. The predicted molar refractivity (Wildman–Crippen MR) is 114 cm³/mol. The van der Waals surface area contributed by atoms with Gasteiger partial charge >= 0.3 is 12.0 Å². The minimum Gasteiger partial charge on any atom is -0.497 e. The van der Waals surface area contributed by atoms with E-state index in [9.17, 15) is 19.2 Å². The van der Waals surface area contributed by atoms with E-state index in [1.165, 1.54) is 7.11 Å². The largest absolute Gasteiger partial charge is 0.497 e. The molecule has 3 N–H and O–H groups in total. The fourth-order valence-electron chi connectivity index (χ4n) is 2.54. The fraction of sp³-hybridized carbons (Fsp3) is 0.273. The Morgan fingerprint density at radius 3 is 2.16 bits per heavy atom. The summed E-state index contributed by atoms with van der Waals surface area (Å²) in [6.07, 6.45) is 0. The lowest BCUT2D eigenvalue weighted by Crippen LogP contribution is -2.46. The number of rotatable bonds is 8. The summed E-state index contributed by atoms with van der Waals surface area (Å²) >= 11 is 0. The molecule has 0 bridgehead atoms. The highest BCUT2D eigenvalue weighted by atomic mass is 16.5. The van der Waals surface area contributed by atoms with Crippen LogP contribution >= 0.6 is 0 Å². The molecule has 31 heavy (non-hydrogen) atoms. The normalized spacial score (nSPS) is 11.2. The Morgan fingerprint density at radius 1 is 0.935 bits per heavy atom. The molecular formula is C22H25N3O6. The summed E-state index contributed by atoms with van der Waals surface area (Å²) in [5, 5.41) is 7.14. The number of anilines is 1. The third kappa shape index (κ3) is 7.46. The van der Waals surface area contributed by atoms with Gasteiger partial charge in [0.2, 0.25) is 0 Å². The van der Waals surface area contributed by atoms with Gasteiger partial charge in [-0.05, 0) is 42.3 Å². The Morgan fingerprint density at radius 2 is 1.58 bits per heavy atom. The molecule has 0 heterocycles. The maximum atomic E-state index is 12.4. The van der Waals surface area contributed by atoms with Gasteiger partial charge in [-0.1, -0.05) is 32.0 Å². The summed E-state index contributed by atoms with van der Waals surface area (Å²) in [7, 11) is 1.52. The second kappa shape index (κ2) is 11.3. The SMILES string of the molecule is COc1ccc(NC(=O)NC(=O)COC(=O)C(NC(=O)c2ccccc2)C(C)C)cc1. The van der Waals surface area contributed by atoms with Gasteiger partial charge in [0.1, 0.15) is 11.8 Å². The third-order valence-corrected chi connectivity index (χ3v) is 4.19. The van der Waals surface area contributed by atoms with E-state index in [0.717, 1.165) is 0 Å². The van der Waals surface area contributed by atoms with Crippen molar-refractivity contribution < 1.29 is 28.7 Å². The van der Waals surface area contributed by atoms with Crippen LogP contribution in [0, 0.1) is 5.92 Å². The van der Waals surface area contributed by atoms with Crippen molar-refractivity contribution in [1.29, 1.82) is 0 Å². The Hall–Kier alpha value is -3.88. The summed E-state index contributed by atoms with van der Waals surface area (Å²) < 4.78 is 10.0. The van der Waals surface area contributed by atoms with Crippen LogP contribution in [0.2, 0.25) is 0 Å². The summed E-state index contributed by atoms with van der Waals surface area (Å²) in [4.78, 5) is 48.5. The van der Waals surface area contributed by atoms with Crippen molar-refractivity contribution in [3.63, 3.8) is 0 Å². The molecular weight excluding hydrogens is 402 g/mol. The lowest BCUT2D eigenvalue weighted by Gasteiger charge is -2.20. The topological polar surface area (TPSA) is 123 Å². The number of amides is 4. The average molecular weight is 427 g/mol. The van der Waals surface area contributed by atoms with Gasteiger partial charge in [0.15, 0.2) is 6.61 Å².